The molecule has 1 aromatic carbocycles. The number of rotatable bonds is 6. The summed E-state index contributed by atoms with van der Waals surface area (Å²) in [4.78, 5) is 32.7. The van der Waals surface area contributed by atoms with Crippen LogP contribution in [0.1, 0.15) is 23.4 Å². The van der Waals surface area contributed by atoms with Gasteiger partial charge in [-0.3, -0.25) is 4.79 Å². The number of carbonyl (C=O) groups excluding carboxylic acids is 1. The number of aliphatic carboxylic acids is 2. The molecule has 1 aliphatic heterocycles. The quantitative estimate of drug-likeness (QED) is 0.294. The van der Waals surface area contributed by atoms with Crippen molar-refractivity contribution in [3.63, 3.8) is 0 Å². The fraction of sp³-hybridized carbons (Fsp3) is 0.350. The Morgan fingerprint density at radius 3 is 2.17 bits per heavy atom. The molecular formula is C20H19F6N5O5. The Labute approximate surface area is 198 Å². The van der Waals surface area contributed by atoms with Gasteiger partial charge in [0.05, 0.1) is 18.8 Å². The van der Waals surface area contributed by atoms with Crippen molar-refractivity contribution in [3.8, 4) is 0 Å². The molecule has 36 heavy (non-hydrogen) atoms. The van der Waals surface area contributed by atoms with Gasteiger partial charge in [-0.15, -0.1) is 5.10 Å². The second-order valence-electron chi connectivity index (χ2n) is 7.46. The van der Waals surface area contributed by atoms with E-state index in [4.69, 9.17) is 15.9 Å². The molecule has 0 bridgehead atoms. The zero-order valence-electron chi connectivity index (χ0n) is 18.2. The van der Waals surface area contributed by atoms with Gasteiger partial charge in [0.25, 0.3) is 0 Å². The van der Waals surface area contributed by atoms with Gasteiger partial charge in [-0.2, -0.15) is 13.2 Å². The minimum Gasteiger partial charge on any atom is -0.478 e. The molecule has 2 heterocycles. The van der Waals surface area contributed by atoms with Gasteiger partial charge in [0.2, 0.25) is 5.91 Å². The zero-order chi connectivity index (χ0) is 27.2. The van der Waals surface area contributed by atoms with Gasteiger partial charge in [0, 0.05) is 37.2 Å². The lowest BCUT2D eigenvalue weighted by atomic mass is 10.0. The number of hydrogen-bond donors (Lipinski definition) is 3. The lowest BCUT2D eigenvalue weighted by Crippen LogP contribution is -2.42. The monoisotopic (exact) mass is 523 g/mol. The van der Waals surface area contributed by atoms with E-state index in [0.29, 0.717) is 24.3 Å². The number of carboxylic acid groups (broad SMARTS) is 2. The van der Waals surface area contributed by atoms with Crippen LogP contribution in [0, 0.1) is 17.5 Å². The summed E-state index contributed by atoms with van der Waals surface area (Å²) >= 11 is 0. The van der Waals surface area contributed by atoms with Crippen LogP contribution < -0.4 is 5.73 Å². The first-order valence-electron chi connectivity index (χ1n) is 9.99. The van der Waals surface area contributed by atoms with Crippen molar-refractivity contribution in [2.45, 2.75) is 38.1 Å². The third kappa shape index (κ3) is 7.79. The molecule has 0 aliphatic carbocycles. The molecule has 0 fully saturated rings. The first-order chi connectivity index (χ1) is 16.7. The highest BCUT2D eigenvalue weighted by Crippen LogP contribution is 2.31. The summed E-state index contributed by atoms with van der Waals surface area (Å²) in [6.45, 7) is -0.192. The molecule has 1 aliphatic rings. The summed E-state index contributed by atoms with van der Waals surface area (Å²) < 4.78 is 79.8. The number of carbonyl (C=O) groups is 3. The fourth-order valence-electron chi connectivity index (χ4n) is 3.15. The third-order valence-corrected chi connectivity index (χ3v) is 4.76. The largest absolute Gasteiger partial charge is 0.478 e. The van der Waals surface area contributed by atoms with Crippen LogP contribution in [-0.4, -0.2) is 60.5 Å². The molecule has 10 nitrogen and oxygen atoms in total. The van der Waals surface area contributed by atoms with E-state index < -0.39 is 53.2 Å². The minimum atomic E-state index is -4.69. The van der Waals surface area contributed by atoms with Gasteiger partial charge >= 0.3 is 18.1 Å². The molecule has 1 aromatic heterocycles. The first kappa shape index (κ1) is 28.3. The number of nitrogens with zero attached hydrogens (tertiary/aromatic N) is 4. The van der Waals surface area contributed by atoms with Crippen molar-refractivity contribution >= 4 is 17.8 Å². The first-order valence-corrected chi connectivity index (χ1v) is 9.99. The Morgan fingerprint density at radius 1 is 1.03 bits per heavy atom. The van der Waals surface area contributed by atoms with Gasteiger partial charge in [-0.25, -0.2) is 27.4 Å². The molecule has 0 unspecified atom stereocenters. The van der Waals surface area contributed by atoms with E-state index in [1.165, 1.54) is 4.90 Å². The Bertz CT molecular complexity index is 1150. The maximum Gasteiger partial charge on any atom is 0.437 e. The number of amides is 1. The van der Waals surface area contributed by atoms with Gasteiger partial charge in [0.1, 0.15) is 5.82 Å². The maximum atomic E-state index is 13.7. The molecule has 2 aromatic rings. The number of carboxylic acids is 2. The predicted octanol–water partition coefficient (Wildman–Crippen LogP) is 1.73. The number of hydrogen-bond acceptors (Lipinski definition) is 6. The maximum absolute atomic E-state index is 13.7. The minimum absolute atomic E-state index is 0.0389. The molecular weight excluding hydrogens is 504 g/mol. The topological polar surface area (TPSA) is 152 Å². The Hall–Kier alpha value is -3.95. The van der Waals surface area contributed by atoms with Crippen molar-refractivity contribution in [3.05, 3.63) is 58.7 Å². The van der Waals surface area contributed by atoms with Crippen molar-refractivity contribution in [2.24, 2.45) is 5.73 Å². The zero-order valence-corrected chi connectivity index (χ0v) is 18.2. The van der Waals surface area contributed by atoms with Crippen LogP contribution >= 0.6 is 0 Å². The second-order valence-corrected chi connectivity index (χ2v) is 7.46. The van der Waals surface area contributed by atoms with E-state index in [2.05, 4.69) is 10.3 Å². The average molecular weight is 523 g/mol. The summed E-state index contributed by atoms with van der Waals surface area (Å²) in [6.07, 6.45) is -4.12. The Morgan fingerprint density at radius 2 is 1.61 bits per heavy atom. The highest BCUT2D eigenvalue weighted by atomic mass is 19.4. The smallest absolute Gasteiger partial charge is 0.437 e. The normalized spacial score (nSPS) is 14.1. The number of alkyl halides is 3. The third-order valence-electron chi connectivity index (χ3n) is 4.76. The van der Waals surface area contributed by atoms with E-state index in [1.54, 1.807) is 0 Å². The van der Waals surface area contributed by atoms with E-state index in [-0.39, 0.29) is 43.7 Å². The Kier molecular flexibility index (Phi) is 9.16. The summed E-state index contributed by atoms with van der Waals surface area (Å²) in [5, 5.41) is 22.2. The van der Waals surface area contributed by atoms with Crippen molar-refractivity contribution in [1.29, 1.82) is 0 Å². The SMILES string of the molecule is N[C@@H](CC(=O)N1CCn2nnc(C(F)(F)F)c2C1)Cc1cc(F)c(F)cc1F.O=C(O)/C=C/C(=O)O. The van der Waals surface area contributed by atoms with Gasteiger partial charge in [-0.05, 0) is 18.1 Å². The standard InChI is InChI=1S/C16H15F6N5O.C4H4O4/c17-10-6-12(19)11(18)4-8(10)3-9(23)5-14(28)26-1-2-27-13(7-26)15(24-25-27)16(20,21)22;5-3(6)1-2-4(7)8/h4,6,9H,1-3,5,7,23H2;1-2H,(H,5,6)(H,7,8)/b;2-1+/t9-;/m1./s1. The van der Waals surface area contributed by atoms with E-state index in [9.17, 15) is 40.7 Å². The number of benzene rings is 1. The van der Waals surface area contributed by atoms with Crippen LogP contribution in [0.4, 0.5) is 26.3 Å². The van der Waals surface area contributed by atoms with Crippen LogP contribution in [0.5, 0.6) is 0 Å². The van der Waals surface area contributed by atoms with Crippen LogP contribution in [0.15, 0.2) is 24.3 Å². The molecule has 0 radical (unpaired) electrons. The predicted molar refractivity (Wildman–Crippen MR) is 107 cm³/mol. The van der Waals surface area contributed by atoms with Crippen LogP contribution in [0.25, 0.3) is 0 Å². The van der Waals surface area contributed by atoms with Gasteiger partial charge in [-0.1, -0.05) is 5.21 Å². The molecule has 4 N–H and O–H groups in total. The highest BCUT2D eigenvalue weighted by molar-refractivity contribution is 5.89. The van der Waals surface area contributed by atoms with Crippen LogP contribution in [0.3, 0.4) is 0 Å². The second kappa shape index (κ2) is 11.7. The van der Waals surface area contributed by atoms with Crippen LogP contribution in [0.2, 0.25) is 0 Å². The molecule has 1 atom stereocenters. The molecule has 16 heteroatoms. The molecule has 0 spiro atoms. The number of aromatic nitrogens is 3. The van der Waals surface area contributed by atoms with Gasteiger partial charge in [0.15, 0.2) is 17.3 Å². The molecule has 0 saturated heterocycles. The van der Waals surface area contributed by atoms with Crippen molar-refractivity contribution in [2.75, 3.05) is 6.54 Å². The van der Waals surface area contributed by atoms with Crippen molar-refractivity contribution < 1.29 is 50.9 Å². The molecule has 0 saturated carbocycles. The lowest BCUT2D eigenvalue weighted by Gasteiger charge is -2.29. The lowest BCUT2D eigenvalue weighted by molar-refractivity contribution is -0.143. The highest BCUT2D eigenvalue weighted by Gasteiger charge is 2.40. The van der Waals surface area contributed by atoms with Gasteiger partial charge < -0.3 is 20.8 Å². The average Bonchev–Trinajstić information content (AvgIpc) is 3.20. The number of fused-ring (bicyclic) bond motifs is 1. The number of halogens is 6. The fourth-order valence-corrected chi connectivity index (χ4v) is 3.15. The summed E-state index contributed by atoms with van der Waals surface area (Å²) in [7, 11) is 0. The van der Waals surface area contributed by atoms with Crippen molar-refractivity contribution in [1.82, 2.24) is 19.9 Å². The Balaban J connectivity index is 0.000000493. The van der Waals surface area contributed by atoms with Crippen LogP contribution in [-0.2, 0) is 40.1 Å². The van der Waals surface area contributed by atoms with E-state index in [1.807, 2.05) is 0 Å². The summed E-state index contributed by atoms with van der Waals surface area (Å²) in [6, 6.07) is 0.116. The number of nitrogens with two attached hydrogens (primary N) is 1. The summed E-state index contributed by atoms with van der Waals surface area (Å²) in [5.41, 5.74) is 4.23. The molecule has 196 valence electrons. The molecule has 3 rings (SSSR count). The van der Waals surface area contributed by atoms with E-state index in [0.717, 1.165) is 4.68 Å². The van der Waals surface area contributed by atoms with E-state index >= 15 is 0 Å². The molecule has 1 amide bonds. The summed E-state index contributed by atoms with van der Waals surface area (Å²) in [5.74, 6) is -6.64.